The fourth-order valence-electron chi connectivity index (χ4n) is 5.42. The molecule has 5 heterocycles. The molecule has 2 atom stereocenters. The van der Waals surface area contributed by atoms with Gasteiger partial charge < -0.3 is 19.7 Å². The number of halogens is 1. The quantitative estimate of drug-likeness (QED) is 0.649. The van der Waals surface area contributed by atoms with Gasteiger partial charge in [0.15, 0.2) is 0 Å². The summed E-state index contributed by atoms with van der Waals surface area (Å²) in [7, 11) is 3.62. The van der Waals surface area contributed by atoms with Gasteiger partial charge in [-0.1, -0.05) is 0 Å². The maximum Gasteiger partial charge on any atom is 0.233 e. The van der Waals surface area contributed by atoms with E-state index < -0.39 is 0 Å². The number of hydrogen-bond donors (Lipinski definition) is 1. The molecule has 2 aromatic heterocycles. The van der Waals surface area contributed by atoms with Gasteiger partial charge in [0.2, 0.25) is 11.8 Å². The van der Waals surface area contributed by atoms with E-state index in [2.05, 4.69) is 27.5 Å². The first-order valence-electron chi connectivity index (χ1n) is 11.4. The third-order valence-corrected chi connectivity index (χ3v) is 7.20. The van der Waals surface area contributed by atoms with Crippen molar-refractivity contribution in [1.29, 1.82) is 0 Å². The highest BCUT2D eigenvalue weighted by Crippen LogP contribution is 2.41. The number of fused-ring (bicyclic) bond motifs is 5. The number of hydrogen-bond acceptors (Lipinski definition) is 7. The zero-order chi connectivity index (χ0) is 22.5. The Kier molecular flexibility index (Phi) is 4.90. The number of ether oxygens (including phenoxy) is 2. The minimum Gasteiger partial charge on any atom is -0.480 e. The number of benzene rings is 1. The highest BCUT2D eigenvalue weighted by Gasteiger charge is 2.35. The minimum atomic E-state index is -0.331. The maximum atomic E-state index is 15.2. The Morgan fingerprint density at radius 3 is 2.70 bits per heavy atom. The SMILES string of the molecule is COc1cc(-c2cc3c(cc2F)-c2ccc(N(C)C4CC5CCC(C4)N5)nc2OC3)cnn1. The zero-order valence-corrected chi connectivity index (χ0v) is 18.7. The summed E-state index contributed by atoms with van der Waals surface area (Å²) in [6.45, 7) is 0.336. The molecule has 3 aliphatic heterocycles. The standard InChI is InChI=1S/C25H26FN5O2/c1-31(18-9-16-3-4-17(10-18)28-16)23-6-5-19-20-11-22(26)21(7-15(20)13-33-25(19)29-23)14-8-24(32-2)30-27-12-14/h5-8,11-12,16-18,28H,3-4,9-10,13H2,1-2H3. The molecule has 2 fully saturated rings. The van der Waals surface area contributed by atoms with E-state index in [1.807, 2.05) is 18.2 Å². The van der Waals surface area contributed by atoms with E-state index in [9.17, 15) is 0 Å². The van der Waals surface area contributed by atoms with Crippen molar-refractivity contribution in [2.45, 2.75) is 50.4 Å². The lowest BCUT2D eigenvalue weighted by atomic mass is 9.94. The van der Waals surface area contributed by atoms with E-state index in [0.29, 0.717) is 47.6 Å². The molecule has 0 amide bonds. The molecular weight excluding hydrogens is 421 g/mol. The summed E-state index contributed by atoms with van der Waals surface area (Å²) in [5, 5.41) is 11.5. The average Bonchev–Trinajstić information content (AvgIpc) is 3.19. The van der Waals surface area contributed by atoms with Gasteiger partial charge in [-0.25, -0.2) is 4.39 Å². The first kappa shape index (κ1) is 20.4. The van der Waals surface area contributed by atoms with E-state index in [0.717, 1.165) is 35.3 Å². The third kappa shape index (κ3) is 3.58. The van der Waals surface area contributed by atoms with Crippen molar-refractivity contribution in [3.05, 3.63) is 47.9 Å². The maximum absolute atomic E-state index is 15.2. The van der Waals surface area contributed by atoms with E-state index in [1.165, 1.54) is 26.1 Å². The molecule has 7 nitrogen and oxygen atoms in total. The number of anilines is 1. The Bertz CT molecular complexity index is 1210. The van der Waals surface area contributed by atoms with Crippen LogP contribution in [0.4, 0.5) is 10.2 Å². The lowest BCUT2D eigenvalue weighted by molar-refractivity contribution is 0.289. The van der Waals surface area contributed by atoms with Gasteiger partial charge in [-0.05, 0) is 61.1 Å². The number of nitrogens with zero attached hydrogens (tertiary/aromatic N) is 4. The molecule has 3 aliphatic rings. The highest BCUT2D eigenvalue weighted by molar-refractivity contribution is 5.78. The van der Waals surface area contributed by atoms with Crippen LogP contribution in [0.15, 0.2) is 36.5 Å². The molecule has 2 unspecified atom stereocenters. The molecule has 0 radical (unpaired) electrons. The summed E-state index contributed by atoms with van der Waals surface area (Å²) in [5.41, 5.74) is 3.59. The Labute approximate surface area is 192 Å². The molecule has 33 heavy (non-hydrogen) atoms. The van der Waals surface area contributed by atoms with Crippen molar-refractivity contribution >= 4 is 5.82 Å². The summed E-state index contributed by atoms with van der Waals surface area (Å²) in [5.74, 6) is 1.47. The van der Waals surface area contributed by atoms with Gasteiger partial charge in [-0.3, -0.25) is 0 Å². The zero-order valence-electron chi connectivity index (χ0n) is 18.7. The molecule has 2 bridgehead atoms. The number of piperidine rings is 1. The number of aromatic nitrogens is 3. The number of rotatable bonds is 4. The van der Waals surface area contributed by atoms with Crippen LogP contribution in [-0.2, 0) is 6.61 Å². The molecule has 6 rings (SSSR count). The number of methoxy groups -OCH3 is 1. The van der Waals surface area contributed by atoms with Crippen LogP contribution in [0.3, 0.4) is 0 Å². The van der Waals surface area contributed by atoms with Crippen LogP contribution < -0.4 is 19.7 Å². The molecule has 0 saturated carbocycles. The van der Waals surface area contributed by atoms with Crippen molar-refractivity contribution in [2.75, 3.05) is 19.1 Å². The van der Waals surface area contributed by atoms with Crippen LogP contribution in [0.5, 0.6) is 11.8 Å². The lowest BCUT2D eigenvalue weighted by Gasteiger charge is -2.36. The monoisotopic (exact) mass is 447 g/mol. The van der Waals surface area contributed by atoms with Gasteiger partial charge in [0, 0.05) is 47.9 Å². The van der Waals surface area contributed by atoms with Gasteiger partial charge >= 0.3 is 0 Å². The average molecular weight is 448 g/mol. The summed E-state index contributed by atoms with van der Waals surface area (Å²) in [4.78, 5) is 7.09. The Morgan fingerprint density at radius 1 is 1.09 bits per heavy atom. The molecule has 170 valence electrons. The summed E-state index contributed by atoms with van der Waals surface area (Å²) < 4.78 is 26.3. The lowest BCUT2D eigenvalue weighted by Crippen LogP contribution is -2.47. The van der Waals surface area contributed by atoms with Crippen LogP contribution in [0.2, 0.25) is 0 Å². The van der Waals surface area contributed by atoms with E-state index >= 15 is 4.39 Å². The van der Waals surface area contributed by atoms with Crippen molar-refractivity contribution < 1.29 is 13.9 Å². The number of pyridine rings is 1. The molecule has 1 N–H and O–H groups in total. The summed E-state index contributed by atoms with van der Waals surface area (Å²) in [6.07, 6.45) is 6.34. The molecule has 0 spiro atoms. The second-order valence-electron chi connectivity index (χ2n) is 9.16. The molecule has 1 aromatic carbocycles. The fourth-order valence-corrected chi connectivity index (χ4v) is 5.42. The summed E-state index contributed by atoms with van der Waals surface area (Å²) in [6, 6.07) is 10.8. The Hall–Kier alpha value is -3.26. The van der Waals surface area contributed by atoms with Crippen molar-refractivity contribution in [3.63, 3.8) is 0 Å². The van der Waals surface area contributed by atoms with Gasteiger partial charge in [0.1, 0.15) is 18.2 Å². The Balaban J connectivity index is 1.31. The van der Waals surface area contributed by atoms with Gasteiger partial charge in [0.05, 0.1) is 13.3 Å². The minimum absolute atomic E-state index is 0.331. The second kappa shape index (κ2) is 7.95. The normalized spacial score (nSPS) is 22.8. The van der Waals surface area contributed by atoms with Crippen LogP contribution in [-0.4, -0.2) is 47.5 Å². The van der Waals surface area contributed by atoms with Gasteiger partial charge in [-0.2, -0.15) is 10.1 Å². The number of nitrogens with one attached hydrogen (secondary N) is 1. The van der Waals surface area contributed by atoms with Crippen LogP contribution >= 0.6 is 0 Å². The van der Waals surface area contributed by atoms with E-state index in [4.69, 9.17) is 14.5 Å². The van der Waals surface area contributed by atoms with Crippen LogP contribution in [0.1, 0.15) is 31.2 Å². The third-order valence-electron chi connectivity index (χ3n) is 7.20. The van der Waals surface area contributed by atoms with Crippen molar-refractivity contribution in [1.82, 2.24) is 20.5 Å². The van der Waals surface area contributed by atoms with Gasteiger partial charge in [-0.15, -0.1) is 5.10 Å². The topological polar surface area (TPSA) is 72.4 Å². The van der Waals surface area contributed by atoms with E-state index in [-0.39, 0.29) is 5.82 Å². The predicted molar refractivity (Wildman–Crippen MR) is 123 cm³/mol. The Morgan fingerprint density at radius 2 is 1.91 bits per heavy atom. The van der Waals surface area contributed by atoms with Crippen molar-refractivity contribution in [3.8, 4) is 34.0 Å². The van der Waals surface area contributed by atoms with Gasteiger partial charge in [0.25, 0.3) is 0 Å². The highest BCUT2D eigenvalue weighted by atomic mass is 19.1. The predicted octanol–water partition coefficient (Wildman–Crippen LogP) is 3.96. The molecule has 2 saturated heterocycles. The summed E-state index contributed by atoms with van der Waals surface area (Å²) >= 11 is 0. The fraction of sp³-hybridized carbons (Fsp3) is 0.400. The van der Waals surface area contributed by atoms with Crippen molar-refractivity contribution in [2.24, 2.45) is 0 Å². The van der Waals surface area contributed by atoms with Crippen LogP contribution in [0, 0.1) is 5.82 Å². The van der Waals surface area contributed by atoms with Crippen LogP contribution in [0.25, 0.3) is 22.3 Å². The smallest absolute Gasteiger partial charge is 0.233 e. The second-order valence-corrected chi connectivity index (χ2v) is 9.16. The molecule has 8 heteroatoms. The molecule has 0 aliphatic carbocycles. The van der Waals surface area contributed by atoms with E-state index in [1.54, 1.807) is 12.1 Å². The largest absolute Gasteiger partial charge is 0.480 e. The first-order valence-corrected chi connectivity index (χ1v) is 11.4. The molecular formula is C25H26FN5O2. The first-order chi connectivity index (χ1) is 16.1. The molecule has 3 aromatic rings.